The fourth-order valence-electron chi connectivity index (χ4n) is 1.40. The Hall–Kier alpha value is -0.920. The van der Waals surface area contributed by atoms with E-state index in [-0.39, 0.29) is 5.56 Å². The molecule has 1 rings (SSSR count). The van der Waals surface area contributed by atoms with Crippen molar-refractivity contribution in [2.75, 3.05) is 7.11 Å². The van der Waals surface area contributed by atoms with Crippen LogP contribution in [0.5, 0.6) is 0 Å². The van der Waals surface area contributed by atoms with Gasteiger partial charge in [-0.05, 0) is 6.07 Å². The van der Waals surface area contributed by atoms with E-state index in [1.165, 1.54) is 0 Å². The molecule has 10 heteroatoms. The van der Waals surface area contributed by atoms with Gasteiger partial charge >= 0.3 is 12.1 Å². The molecule has 0 bridgehead atoms. The number of ketones is 1. The van der Waals surface area contributed by atoms with Gasteiger partial charge in [0.15, 0.2) is 0 Å². The number of hydrogen-bond donors (Lipinski definition) is 0. The van der Waals surface area contributed by atoms with Gasteiger partial charge in [-0.3, -0.25) is 4.79 Å². The maximum absolute atomic E-state index is 12.4. The first-order valence-electron chi connectivity index (χ1n) is 4.92. The number of alkyl halides is 6. The molecule has 0 unspecified atom stereocenters. The second-order valence-corrected chi connectivity index (χ2v) is 5.96. The zero-order valence-corrected chi connectivity index (χ0v) is 12.1. The summed E-state index contributed by atoms with van der Waals surface area (Å²) < 4.78 is 39.7. The Morgan fingerprint density at radius 1 is 1.30 bits per heavy atom. The minimum atomic E-state index is -4.60. The van der Waals surface area contributed by atoms with Crippen molar-refractivity contribution in [2.24, 2.45) is 0 Å². The Morgan fingerprint density at radius 3 is 2.25 bits per heavy atom. The Labute approximate surface area is 126 Å². The SMILES string of the molecule is COC(=O)c1cc(C(=O)C(Cl)(Cl)Cl)cn1CC(F)(F)F. The van der Waals surface area contributed by atoms with Crippen molar-refractivity contribution in [3.63, 3.8) is 0 Å². The molecule has 0 aromatic carbocycles. The van der Waals surface area contributed by atoms with E-state index in [0.29, 0.717) is 4.57 Å². The Morgan fingerprint density at radius 2 is 1.85 bits per heavy atom. The number of esters is 1. The van der Waals surface area contributed by atoms with Crippen molar-refractivity contribution in [2.45, 2.75) is 16.5 Å². The summed E-state index contributed by atoms with van der Waals surface area (Å²) in [5, 5.41) is 0. The molecule has 0 saturated heterocycles. The number of rotatable bonds is 3. The van der Waals surface area contributed by atoms with Crippen molar-refractivity contribution >= 4 is 46.6 Å². The summed E-state index contributed by atoms with van der Waals surface area (Å²) in [6.45, 7) is -1.48. The van der Waals surface area contributed by atoms with Crippen LogP contribution in [-0.2, 0) is 11.3 Å². The topological polar surface area (TPSA) is 48.3 Å². The lowest BCUT2D eigenvalue weighted by molar-refractivity contribution is -0.140. The molecule has 1 aromatic heterocycles. The van der Waals surface area contributed by atoms with Crippen LogP contribution in [0.4, 0.5) is 13.2 Å². The third kappa shape index (κ3) is 4.29. The first-order valence-corrected chi connectivity index (χ1v) is 6.06. The first kappa shape index (κ1) is 17.1. The third-order valence-corrected chi connectivity index (χ3v) is 2.68. The molecule has 1 heterocycles. The van der Waals surface area contributed by atoms with Crippen LogP contribution in [0.2, 0.25) is 0 Å². The molecule has 0 radical (unpaired) electrons. The summed E-state index contributed by atoms with van der Waals surface area (Å²) in [7, 11) is 0.990. The summed E-state index contributed by atoms with van der Waals surface area (Å²) in [6.07, 6.45) is -3.81. The average Bonchev–Trinajstić information content (AvgIpc) is 2.67. The monoisotopic (exact) mass is 351 g/mol. The van der Waals surface area contributed by atoms with Crippen LogP contribution in [-0.4, -0.2) is 33.4 Å². The van der Waals surface area contributed by atoms with E-state index in [2.05, 4.69) is 4.74 Å². The molecular formula is C10H7Cl3F3NO3. The maximum Gasteiger partial charge on any atom is 0.406 e. The van der Waals surface area contributed by atoms with Crippen LogP contribution in [0.15, 0.2) is 12.3 Å². The van der Waals surface area contributed by atoms with Gasteiger partial charge in [0.25, 0.3) is 3.79 Å². The van der Waals surface area contributed by atoms with E-state index in [1.54, 1.807) is 0 Å². The third-order valence-electron chi connectivity index (χ3n) is 2.16. The van der Waals surface area contributed by atoms with Crippen molar-refractivity contribution in [1.29, 1.82) is 0 Å². The number of aromatic nitrogens is 1. The lowest BCUT2D eigenvalue weighted by Gasteiger charge is -2.10. The highest BCUT2D eigenvalue weighted by Crippen LogP contribution is 2.31. The van der Waals surface area contributed by atoms with Gasteiger partial charge in [0.1, 0.15) is 12.2 Å². The number of methoxy groups -OCH3 is 1. The van der Waals surface area contributed by atoms with Gasteiger partial charge in [0.05, 0.1) is 7.11 Å². The highest BCUT2D eigenvalue weighted by molar-refractivity contribution is 6.77. The van der Waals surface area contributed by atoms with E-state index in [0.717, 1.165) is 19.4 Å². The quantitative estimate of drug-likeness (QED) is 0.476. The minimum Gasteiger partial charge on any atom is -0.464 e. The molecule has 0 N–H and O–H groups in total. The summed E-state index contributed by atoms with van der Waals surface area (Å²) in [5.41, 5.74) is -0.808. The predicted octanol–water partition coefficient (Wildman–Crippen LogP) is 3.39. The number of halogens is 6. The largest absolute Gasteiger partial charge is 0.464 e. The summed E-state index contributed by atoms with van der Waals surface area (Å²) in [4.78, 5) is 23.1. The summed E-state index contributed by atoms with van der Waals surface area (Å²) in [6, 6.07) is 0.877. The van der Waals surface area contributed by atoms with Gasteiger partial charge in [-0.2, -0.15) is 13.2 Å². The molecule has 0 saturated carbocycles. The number of carbonyl (C=O) groups excluding carboxylic acids is 2. The van der Waals surface area contributed by atoms with Crippen molar-refractivity contribution in [3.8, 4) is 0 Å². The molecular weight excluding hydrogens is 345 g/mol. The lowest BCUT2D eigenvalue weighted by Crippen LogP contribution is -2.21. The Balaban J connectivity index is 3.26. The van der Waals surface area contributed by atoms with Gasteiger partial charge in [-0.15, -0.1) is 0 Å². The average molecular weight is 353 g/mol. The molecule has 0 aliphatic rings. The standard InChI is InChI=1S/C10H7Cl3F3NO3/c1-20-8(19)6-2-5(7(18)10(11,12)13)3-17(6)4-9(14,15)16/h2-3H,4H2,1H3. The smallest absolute Gasteiger partial charge is 0.406 e. The Bertz CT molecular complexity index is 534. The number of Topliss-reactive ketones (excluding diaryl/α,β-unsaturated/α-hetero) is 1. The van der Waals surface area contributed by atoms with Crippen LogP contribution in [0, 0.1) is 0 Å². The number of nitrogens with zero attached hydrogens (tertiary/aromatic N) is 1. The number of ether oxygens (including phenoxy) is 1. The highest BCUT2D eigenvalue weighted by Gasteiger charge is 2.35. The minimum absolute atomic E-state index is 0.338. The number of hydrogen-bond acceptors (Lipinski definition) is 3. The van der Waals surface area contributed by atoms with Gasteiger partial charge in [0, 0.05) is 11.8 Å². The highest BCUT2D eigenvalue weighted by atomic mass is 35.6. The van der Waals surface area contributed by atoms with E-state index >= 15 is 0 Å². The number of carbonyl (C=O) groups is 2. The van der Waals surface area contributed by atoms with Gasteiger partial charge in [-0.25, -0.2) is 4.79 Å². The van der Waals surface area contributed by atoms with E-state index in [4.69, 9.17) is 34.8 Å². The molecule has 0 aliphatic carbocycles. The van der Waals surface area contributed by atoms with Crippen molar-refractivity contribution in [1.82, 2.24) is 4.57 Å². The molecule has 112 valence electrons. The lowest BCUT2D eigenvalue weighted by atomic mass is 10.2. The van der Waals surface area contributed by atoms with Gasteiger partial charge in [-0.1, -0.05) is 34.8 Å². The fourth-order valence-corrected chi connectivity index (χ4v) is 1.72. The molecule has 1 aromatic rings. The molecule has 4 nitrogen and oxygen atoms in total. The van der Waals surface area contributed by atoms with Crippen LogP contribution < -0.4 is 0 Å². The zero-order valence-electron chi connectivity index (χ0n) is 9.80. The summed E-state index contributed by atoms with van der Waals surface area (Å²) >= 11 is 16.1. The molecule has 0 atom stereocenters. The normalized spacial score (nSPS) is 12.3. The summed E-state index contributed by atoms with van der Waals surface area (Å²) in [5.74, 6) is -2.09. The fraction of sp³-hybridized carbons (Fsp3) is 0.400. The van der Waals surface area contributed by atoms with Crippen LogP contribution in [0.1, 0.15) is 20.8 Å². The molecule has 0 spiro atoms. The van der Waals surface area contributed by atoms with E-state index in [9.17, 15) is 22.8 Å². The first-order chi connectivity index (χ1) is 8.95. The van der Waals surface area contributed by atoms with Crippen LogP contribution >= 0.6 is 34.8 Å². The zero-order chi connectivity index (χ0) is 15.7. The van der Waals surface area contributed by atoms with Crippen molar-refractivity contribution < 1.29 is 27.5 Å². The second-order valence-electron chi connectivity index (χ2n) is 3.68. The second kappa shape index (κ2) is 5.83. The van der Waals surface area contributed by atoms with Crippen LogP contribution in [0.3, 0.4) is 0 Å². The maximum atomic E-state index is 12.4. The molecule has 0 amide bonds. The molecule has 20 heavy (non-hydrogen) atoms. The van der Waals surface area contributed by atoms with Crippen molar-refractivity contribution in [3.05, 3.63) is 23.5 Å². The predicted molar refractivity (Wildman–Crippen MR) is 66.4 cm³/mol. The van der Waals surface area contributed by atoms with Gasteiger partial charge < -0.3 is 9.30 Å². The van der Waals surface area contributed by atoms with Gasteiger partial charge in [0.2, 0.25) is 5.78 Å². The van der Waals surface area contributed by atoms with Crippen LogP contribution in [0.25, 0.3) is 0 Å². The molecule has 0 fully saturated rings. The Kier molecular flexibility index (Phi) is 4.99. The van der Waals surface area contributed by atoms with E-state index < -0.39 is 34.0 Å². The molecule has 0 aliphatic heterocycles. The van der Waals surface area contributed by atoms with E-state index in [1.807, 2.05) is 0 Å².